The number of nitrogen functional groups attached to an aromatic ring is 1. The van der Waals surface area contributed by atoms with E-state index in [4.69, 9.17) is 10.5 Å². The molecule has 0 saturated heterocycles. The van der Waals surface area contributed by atoms with Crippen molar-refractivity contribution in [3.8, 4) is 0 Å². The number of esters is 1. The zero-order chi connectivity index (χ0) is 15.1. The van der Waals surface area contributed by atoms with Crippen LogP contribution in [-0.4, -0.2) is 24.5 Å². The van der Waals surface area contributed by atoms with Crippen molar-refractivity contribution in [2.45, 2.75) is 32.7 Å². The molecule has 0 saturated carbocycles. The van der Waals surface area contributed by atoms with E-state index in [0.717, 1.165) is 16.4 Å². The van der Waals surface area contributed by atoms with E-state index in [-0.39, 0.29) is 24.1 Å². The van der Waals surface area contributed by atoms with Gasteiger partial charge in [0.05, 0.1) is 5.56 Å². The molecule has 3 N–H and O–H groups in total. The first-order valence-electron chi connectivity index (χ1n) is 6.45. The van der Waals surface area contributed by atoms with Crippen LogP contribution in [0.15, 0.2) is 18.2 Å². The minimum absolute atomic E-state index is 0.0777. The minimum Gasteiger partial charge on any atom is -0.452 e. The maximum Gasteiger partial charge on any atom is 0.340 e. The maximum atomic E-state index is 11.8. The molecular weight excluding hydrogens is 371 g/mol. The second-order valence-electron chi connectivity index (χ2n) is 4.56. The molecule has 6 heteroatoms. The van der Waals surface area contributed by atoms with Gasteiger partial charge in [-0.3, -0.25) is 4.79 Å². The van der Waals surface area contributed by atoms with E-state index in [1.54, 1.807) is 18.2 Å². The Kier molecular flexibility index (Phi) is 6.77. The summed E-state index contributed by atoms with van der Waals surface area (Å²) in [7, 11) is 0. The molecule has 0 bridgehead atoms. The molecule has 0 aliphatic carbocycles. The summed E-state index contributed by atoms with van der Waals surface area (Å²) in [5.74, 6) is -0.886. The molecule has 0 heterocycles. The Labute approximate surface area is 132 Å². The molecule has 1 atom stereocenters. The summed E-state index contributed by atoms with van der Waals surface area (Å²) >= 11 is 2.08. The number of ether oxygens (including phenoxy) is 1. The van der Waals surface area contributed by atoms with E-state index in [0.29, 0.717) is 5.69 Å². The fourth-order valence-corrected chi connectivity index (χ4v) is 2.23. The summed E-state index contributed by atoms with van der Waals surface area (Å²) < 4.78 is 5.85. The van der Waals surface area contributed by atoms with Gasteiger partial charge >= 0.3 is 5.97 Å². The first-order chi connectivity index (χ1) is 9.43. The SMILES string of the molecule is CCC[C@H](C)NC(=O)COC(=O)c1cc(I)ccc1N. The van der Waals surface area contributed by atoms with Gasteiger partial charge in [0.1, 0.15) is 0 Å². The highest BCUT2D eigenvalue weighted by molar-refractivity contribution is 14.1. The fourth-order valence-electron chi connectivity index (χ4n) is 1.74. The molecule has 0 unspecified atom stereocenters. The third-order valence-electron chi connectivity index (χ3n) is 2.70. The highest BCUT2D eigenvalue weighted by Crippen LogP contribution is 2.16. The predicted molar refractivity (Wildman–Crippen MR) is 86.4 cm³/mol. The number of nitrogens with one attached hydrogen (secondary N) is 1. The Morgan fingerprint density at radius 1 is 1.45 bits per heavy atom. The Morgan fingerprint density at radius 2 is 2.15 bits per heavy atom. The van der Waals surface area contributed by atoms with E-state index in [1.807, 2.05) is 13.8 Å². The van der Waals surface area contributed by atoms with Gasteiger partial charge in [-0.2, -0.15) is 0 Å². The van der Waals surface area contributed by atoms with Gasteiger partial charge in [-0.25, -0.2) is 4.79 Å². The van der Waals surface area contributed by atoms with Crippen LogP contribution in [-0.2, 0) is 9.53 Å². The Morgan fingerprint density at radius 3 is 2.80 bits per heavy atom. The number of amides is 1. The summed E-state index contributed by atoms with van der Waals surface area (Å²) in [6, 6.07) is 5.15. The molecule has 0 radical (unpaired) electrons. The van der Waals surface area contributed by atoms with E-state index in [1.165, 1.54) is 0 Å². The third kappa shape index (κ3) is 5.36. The number of rotatable bonds is 6. The van der Waals surface area contributed by atoms with Gasteiger partial charge in [-0.05, 0) is 54.1 Å². The van der Waals surface area contributed by atoms with Crippen molar-refractivity contribution in [2.75, 3.05) is 12.3 Å². The number of benzene rings is 1. The van der Waals surface area contributed by atoms with Gasteiger partial charge < -0.3 is 15.8 Å². The summed E-state index contributed by atoms with van der Waals surface area (Å²) in [6.45, 7) is 3.67. The van der Waals surface area contributed by atoms with Crippen LogP contribution < -0.4 is 11.1 Å². The molecular formula is C14H19IN2O3. The second kappa shape index (κ2) is 8.08. The van der Waals surface area contributed by atoms with Crippen molar-refractivity contribution in [3.05, 3.63) is 27.3 Å². The van der Waals surface area contributed by atoms with Gasteiger partial charge in [0.15, 0.2) is 6.61 Å². The van der Waals surface area contributed by atoms with Gasteiger partial charge in [-0.1, -0.05) is 13.3 Å². The first-order valence-corrected chi connectivity index (χ1v) is 7.53. The molecule has 0 aliphatic rings. The van der Waals surface area contributed by atoms with Crippen LogP contribution in [0.25, 0.3) is 0 Å². The lowest BCUT2D eigenvalue weighted by molar-refractivity contribution is -0.124. The van der Waals surface area contributed by atoms with E-state index < -0.39 is 5.97 Å². The number of carbonyl (C=O) groups excluding carboxylic acids is 2. The summed E-state index contributed by atoms with van der Waals surface area (Å²) in [6.07, 6.45) is 1.88. The number of anilines is 1. The molecule has 110 valence electrons. The average molecular weight is 390 g/mol. The van der Waals surface area contributed by atoms with Gasteiger partial charge in [0.25, 0.3) is 5.91 Å². The quantitative estimate of drug-likeness (QED) is 0.444. The number of carbonyl (C=O) groups is 2. The molecule has 1 aromatic rings. The summed E-state index contributed by atoms with van der Waals surface area (Å²) in [4.78, 5) is 23.4. The van der Waals surface area contributed by atoms with Crippen molar-refractivity contribution in [3.63, 3.8) is 0 Å². The lowest BCUT2D eigenvalue weighted by atomic mass is 10.2. The molecule has 1 rings (SSSR count). The van der Waals surface area contributed by atoms with E-state index in [2.05, 4.69) is 27.9 Å². The van der Waals surface area contributed by atoms with Crippen LogP contribution in [0.5, 0.6) is 0 Å². The van der Waals surface area contributed by atoms with Crippen molar-refractivity contribution in [1.29, 1.82) is 0 Å². The highest BCUT2D eigenvalue weighted by atomic mass is 127. The third-order valence-corrected chi connectivity index (χ3v) is 3.37. The number of halogens is 1. The minimum atomic E-state index is -0.584. The molecule has 0 fully saturated rings. The summed E-state index contributed by atoms with van der Waals surface area (Å²) in [5, 5.41) is 2.76. The van der Waals surface area contributed by atoms with Crippen molar-refractivity contribution in [2.24, 2.45) is 0 Å². The van der Waals surface area contributed by atoms with Crippen LogP contribution >= 0.6 is 22.6 Å². The van der Waals surface area contributed by atoms with Gasteiger partial charge in [-0.15, -0.1) is 0 Å². The molecule has 0 spiro atoms. The molecule has 0 aromatic heterocycles. The number of hydrogen-bond donors (Lipinski definition) is 2. The zero-order valence-corrected chi connectivity index (χ0v) is 13.8. The van der Waals surface area contributed by atoms with Gasteiger partial charge in [0, 0.05) is 15.3 Å². The molecule has 20 heavy (non-hydrogen) atoms. The number of hydrogen-bond acceptors (Lipinski definition) is 4. The largest absolute Gasteiger partial charge is 0.452 e. The highest BCUT2D eigenvalue weighted by Gasteiger charge is 2.14. The van der Waals surface area contributed by atoms with Crippen LogP contribution in [0.1, 0.15) is 37.0 Å². The van der Waals surface area contributed by atoms with E-state index in [9.17, 15) is 9.59 Å². The predicted octanol–water partition coefficient (Wildman–Crippen LogP) is 2.33. The Balaban J connectivity index is 2.51. The van der Waals surface area contributed by atoms with Crippen LogP contribution in [0.3, 0.4) is 0 Å². The number of nitrogens with two attached hydrogens (primary N) is 1. The molecule has 5 nitrogen and oxygen atoms in total. The Hall–Kier alpha value is -1.31. The maximum absolute atomic E-state index is 11.8. The van der Waals surface area contributed by atoms with Gasteiger partial charge in [0.2, 0.25) is 0 Å². The van der Waals surface area contributed by atoms with Crippen molar-refractivity contribution >= 4 is 40.2 Å². The van der Waals surface area contributed by atoms with Crippen LogP contribution in [0.4, 0.5) is 5.69 Å². The monoisotopic (exact) mass is 390 g/mol. The Bertz CT molecular complexity index is 491. The second-order valence-corrected chi connectivity index (χ2v) is 5.81. The molecule has 1 amide bonds. The first kappa shape index (κ1) is 16.7. The smallest absolute Gasteiger partial charge is 0.340 e. The lowest BCUT2D eigenvalue weighted by Gasteiger charge is -2.13. The van der Waals surface area contributed by atoms with Crippen molar-refractivity contribution in [1.82, 2.24) is 5.32 Å². The fraction of sp³-hybridized carbons (Fsp3) is 0.429. The normalized spacial score (nSPS) is 11.8. The molecule has 0 aliphatic heterocycles. The summed E-state index contributed by atoms with van der Waals surface area (Å²) in [5.41, 5.74) is 6.34. The zero-order valence-electron chi connectivity index (χ0n) is 11.6. The average Bonchev–Trinajstić information content (AvgIpc) is 2.39. The van der Waals surface area contributed by atoms with E-state index >= 15 is 0 Å². The lowest BCUT2D eigenvalue weighted by Crippen LogP contribution is -2.35. The molecule has 1 aromatic carbocycles. The topological polar surface area (TPSA) is 81.4 Å². The standard InChI is InChI=1S/C14H19IN2O3/c1-3-4-9(2)17-13(18)8-20-14(19)11-7-10(15)5-6-12(11)16/h5-7,9H,3-4,8,16H2,1-2H3,(H,17,18)/t9-/m0/s1. The van der Waals surface area contributed by atoms with Crippen molar-refractivity contribution < 1.29 is 14.3 Å². The van der Waals surface area contributed by atoms with Crippen LogP contribution in [0.2, 0.25) is 0 Å². The van der Waals surface area contributed by atoms with Crippen LogP contribution in [0, 0.1) is 3.57 Å².